The van der Waals surface area contributed by atoms with Crippen LogP contribution in [0.15, 0.2) is 6.07 Å². The molecule has 0 unspecified atom stereocenters. The minimum absolute atomic E-state index is 0.107. The lowest BCUT2D eigenvalue weighted by atomic mass is 9.84. The molecule has 0 aromatic carbocycles. The Hall–Kier alpha value is -0.690. The first-order valence-corrected chi connectivity index (χ1v) is 7.36. The van der Waals surface area contributed by atoms with E-state index in [0.717, 1.165) is 19.3 Å². The summed E-state index contributed by atoms with van der Waals surface area (Å²) in [7, 11) is 0. The first-order chi connectivity index (χ1) is 8.85. The summed E-state index contributed by atoms with van der Waals surface area (Å²) in [4.78, 5) is 6.65. The highest BCUT2D eigenvalue weighted by molar-refractivity contribution is 8.00. The maximum atomic E-state index is 12.6. The second-order valence-electron chi connectivity index (χ2n) is 4.49. The van der Waals surface area contributed by atoms with Gasteiger partial charge in [-0.1, -0.05) is 18.0 Å². The van der Waals surface area contributed by atoms with Crippen molar-refractivity contribution < 1.29 is 13.2 Å². The molecule has 106 valence electrons. The van der Waals surface area contributed by atoms with Gasteiger partial charge in [-0.2, -0.15) is 24.9 Å². The summed E-state index contributed by atoms with van der Waals surface area (Å²) < 4.78 is 37.8. The molecule has 1 aromatic heterocycles. The van der Waals surface area contributed by atoms with Crippen LogP contribution in [0.2, 0.25) is 5.15 Å². The zero-order valence-corrected chi connectivity index (χ0v) is 11.8. The highest BCUT2D eigenvalue weighted by Crippen LogP contribution is 2.42. The Labute approximate surface area is 118 Å². The monoisotopic (exact) mass is 311 g/mol. The van der Waals surface area contributed by atoms with Crippen LogP contribution in [-0.2, 0) is 6.18 Å². The Morgan fingerprint density at radius 3 is 2.58 bits per heavy atom. The van der Waals surface area contributed by atoms with Crippen molar-refractivity contribution >= 4 is 29.2 Å². The number of hydrogen-bond donors (Lipinski definition) is 1. The molecule has 2 rings (SSSR count). The topological polar surface area (TPSA) is 37.8 Å². The summed E-state index contributed by atoms with van der Waals surface area (Å²) in [6.07, 6.45) is 0.697. The average Bonchev–Trinajstić information content (AvgIpc) is 2.26. The Bertz CT molecular complexity index is 457. The molecule has 0 bridgehead atoms. The Morgan fingerprint density at radius 1 is 1.42 bits per heavy atom. The predicted octanol–water partition coefficient (Wildman–Crippen LogP) is 3.85. The van der Waals surface area contributed by atoms with Crippen LogP contribution in [0.4, 0.5) is 19.0 Å². The van der Waals surface area contributed by atoms with Gasteiger partial charge in [-0.25, -0.2) is 9.97 Å². The highest BCUT2D eigenvalue weighted by atomic mass is 35.5. The van der Waals surface area contributed by atoms with Crippen LogP contribution < -0.4 is 5.32 Å². The van der Waals surface area contributed by atoms with E-state index in [1.54, 1.807) is 11.8 Å². The van der Waals surface area contributed by atoms with Gasteiger partial charge in [0.25, 0.3) is 0 Å². The van der Waals surface area contributed by atoms with Gasteiger partial charge in [-0.05, 0) is 19.1 Å². The van der Waals surface area contributed by atoms with Crippen molar-refractivity contribution in [3.63, 3.8) is 0 Å². The van der Waals surface area contributed by atoms with Gasteiger partial charge in [0.2, 0.25) is 5.82 Å². The van der Waals surface area contributed by atoms with Gasteiger partial charge < -0.3 is 5.32 Å². The van der Waals surface area contributed by atoms with Crippen molar-refractivity contribution in [1.82, 2.24) is 9.97 Å². The Morgan fingerprint density at radius 2 is 2.11 bits per heavy atom. The van der Waals surface area contributed by atoms with E-state index in [-0.39, 0.29) is 15.7 Å². The van der Waals surface area contributed by atoms with Crippen molar-refractivity contribution in [2.45, 2.75) is 30.2 Å². The molecule has 3 nitrogen and oxygen atoms in total. The summed E-state index contributed by atoms with van der Waals surface area (Å²) in [5.41, 5.74) is 0. The Balaban J connectivity index is 2.10. The van der Waals surface area contributed by atoms with E-state index in [1.807, 2.05) is 6.26 Å². The fourth-order valence-electron chi connectivity index (χ4n) is 1.91. The van der Waals surface area contributed by atoms with Gasteiger partial charge in [0.05, 0.1) is 0 Å². The molecule has 1 aliphatic carbocycles. The maximum Gasteiger partial charge on any atom is 0.451 e. The largest absolute Gasteiger partial charge is 0.451 e. The van der Waals surface area contributed by atoms with Crippen molar-refractivity contribution in [3.05, 3.63) is 17.0 Å². The molecule has 0 amide bonds. The number of rotatable bonds is 4. The van der Waals surface area contributed by atoms with Gasteiger partial charge in [0.1, 0.15) is 11.0 Å². The second-order valence-corrected chi connectivity index (χ2v) is 6.15. The molecule has 1 aliphatic rings. The molecule has 19 heavy (non-hydrogen) atoms. The lowest BCUT2D eigenvalue weighted by Gasteiger charge is -2.40. The number of nitrogens with zero attached hydrogens (tertiary/aromatic N) is 2. The number of hydrogen-bond acceptors (Lipinski definition) is 4. The van der Waals surface area contributed by atoms with Crippen LogP contribution in [0.5, 0.6) is 0 Å². The second kappa shape index (κ2) is 5.36. The van der Waals surface area contributed by atoms with Crippen molar-refractivity contribution in [1.29, 1.82) is 0 Å². The van der Waals surface area contributed by atoms with Gasteiger partial charge in [0.15, 0.2) is 0 Å². The summed E-state index contributed by atoms with van der Waals surface area (Å²) in [5.74, 6) is -1.10. The molecular formula is C11H13ClF3N3S. The zero-order valence-electron chi connectivity index (χ0n) is 10.2. The smallest absolute Gasteiger partial charge is 0.369 e. The minimum atomic E-state index is -4.59. The van der Waals surface area contributed by atoms with Gasteiger partial charge >= 0.3 is 6.18 Å². The fraction of sp³-hybridized carbons (Fsp3) is 0.636. The van der Waals surface area contributed by atoms with Crippen molar-refractivity contribution in [2.24, 2.45) is 0 Å². The number of thioether (sulfide) groups is 1. The zero-order chi connectivity index (χ0) is 14.1. The van der Waals surface area contributed by atoms with Gasteiger partial charge in [0, 0.05) is 17.4 Å². The maximum absolute atomic E-state index is 12.6. The number of halogens is 4. The van der Waals surface area contributed by atoms with E-state index in [4.69, 9.17) is 11.6 Å². The minimum Gasteiger partial charge on any atom is -0.369 e. The molecule has 0 radical (unpaired) electrons. The van der Waals surface area contributed by atoms with E-state index in [0.29, 0.717) is 6.54 Å². The molecule has 0 atom stereocenters. The first-order valence-electron chi connectivity index (χ1n) is 5.75. The van der Waals surface area contributed by atoms with E-state index >= 15 is 0 Å². The third-order valence-corrected chi connectivity index (χ3v) is 4.85. The predicted molar refractivity (Wildman–Crippen MR) is 70.6 cm³/mol. The molecule has 1 heterocycles. The van der Waals surface area contributed by atoms with E-state index < -0.39 is 12.0 Å². The summed E-state index contributed by atoms with van der Waals surface area (Å²) in [6.45, 7) is 0.582. The summed E-state index contributed by atoms with van der Waals surface area (Å²) >= 11 is 7.32. The third-order valence-electron chi connectivity index (χ3n) is 3.24. The molecular weight excluding hydrogens is 299 g/mol. The van der Waals surface area contributed by atoms with Crippen molar-refractivity contribution in [3.8, 4) is 0 Å². The van der Waals surface area contributed by atoms with E-state index in [9.17, 15) is 13.2 Å². The summed E-state index contributed by atoms with van der Waals surface area (Å²) in [5, 5.41) is 2.72. The molecule has 1 saturated carbocycles. The third kappa shape index (κ3) is 3.45. The normalized spacial score (nSPS) is 17.9. The fourth-order valence-corrected chi connectivity index (χ4v) is 3.01. The van der Waals surface area contributed by atoms with Crippen LogP contribution in [-0.4, -0.2) is 27.5 Å². The van der Waals surface area contributed by atoms with Gasteiger partial charge in [-0.15, -0.1) is 0 Å². The SMILES string of the molecule is CSC1(CNc2cc(Cl)nc(C(F)(F)F)n2)CCC1. The lowest BCUT2D eigenvalue weighted by Crippen LogP contribution is -2.40. The van der Waals surface area contributed by atoms with Crippen LogP contribution >= 0.6 is 23.4 Å². The standard InChI is InChI=1S/C11H13ClF3N3S/c1-19-10(3-2-4-10)6-16-8-5-7(12)17-9(18-8)11(13,14)15/h5H,2-4,6H2,1H3,(H,16,17,18). The van der Waals surface area contributed by atoms with Crippen LogP contribution in [0.25, 0.3) is 0 Å². The number of aromatic nitrogens is 2. The van der Waals surface area contributed by atoms with Crippen LogP contribution in [0.3, 0.4) is 0 Å². The summed E-state index contributed by atoms with van der Waals surface area (Å²) in [6, 6.07) is 1.31. The van der Waals surface area contributed by atoms with Crippen molar-refractivity contribution in [2.75, 3.05) is 18.1 Å². The van der Waals surface area contributed by atoms with Crippen LogP contribution in [0.1, 0.15) is 25.1 Å². The molecule has 0 spiro atoms. The molecule has 8 heteroatoms. The van der Waals surface area contributed by atoms with Crippen LogP contribution in [0, 0.1) is 0 Å². The first kappa shape index (κ1) is 14.7. The van der Waals surface area contributed by atoms with E-state index in [2.05, 4.69) is 15.3 Å². The molecule has 1 N–H and O–H groups in total. The number of alkyl halides is 3. The molecule has 1 aromatic rings. The molecule has 1 fully saturated rings. The lowest BCUT2D eigenvalue weighted by molar-refractivity contribution is -0.144. The molecule has 0 saturated heterocycles. The molecule has 0 aliphatic heterocycles. The average molecular weight is 312 g/mol. The van der Waals surface area contributed by atoms with Gasteiger partial charge in [-0.3, -0.25) is 0 Å². The number of nitrogens with one attached hydrogen (secondary N) is 1. The quantitative estimate of drug-likeness (QED) is 0.857. The van der Waals surface area contributed by atoms with E-state index in [1.165, 1.54) is 6.07 Å². The highest BCUT2D eigenvalue weighted by Gasteiger charge is 2.37. The Kier molecular flexibility index (Phi) is 4.15. The number of anilines is 1.